The number of aromatic nitrogens is 1. The number of nitrogens with zero attached hydrogens (tertiary/aromatic N) is 2. The molecule has 1 fully saturated rings. The Labute approximate surface area is 202 Å². The number of amides is 2. The van der Waals surface area contributed by atoms with Crippen molar-refractivity contribution in [2.75, 3.05) is 4.90 Å². The van der Waals surface area contributed by atoms with Crippen molar-refractivity contribution in [2.45, 2.75) is 27.2 Å². The van der Waals surface area contributed by atoms with Crippen LogP contribution in [0, 0.1) is 13.8 Å². The molecule has 4 rings (SSSR count). The van der Waals surface area contributed by atoms with E-state index >= 15 is 0 Å². The molecule has 8 heteroatoms. The molecule has 1 aliphatic rings. The van der Waals surface area contributed by atoms with Gasteiger partial charge in [0, 0.05) is 17.1 Å². The summed E-state index contributed by atoms with van der Waals surface area (Å²) in [5.74, 6) is -2.23. The molecule has 0 radical (unpaired) electrons. The van der Waals surface area contributed by atoms with E-state index in [-0.39, 0.29) is 16.2 Å². The molecule has 34 heavy (non-hydrogen) atoms. The van der Waals surface area contributed by atoms with Gasteiger partial charge in [-0.25, -0.2) is 4.79 Å². The van der Waals surface area contributed by atoms with Gasteiger partial charge in [0.2, 0.25) is 0 Å². The van der Waals surface area contributed by atoms with E-state index in [4.69, 9.17) is 17.3 Å². The van der Waals surface area contributed by atoms with Crippen LogP contribution in [-0.4, -0.2) is 32.6 Å². The second kappa shape index (κ2) is 9.07. The molecule has 0 aliphatic carbocycles. The third kappa shape index (κ3) is 4.04. The van der Waals surface area contributed by atoms with Gasteiger partial charge in [0.25, 0.3) is 11.8 Å². The maximum absolute atomic E-state index is 13.3. The molecule has 1 aromatic heterocycles. The van der Waals surface area contributed by atoms with Gasteiger partial charge in [-0.15, -0.1) is 0 Å². The smallest absolute Gasteiger partial charge is 0.335 e. The highest BCUT2D eigenvalue weighted by atomic mass is 32.1. The maximum Gasteiger partial charge on any atom is 0.335 e. The van der Waals surface area contributed by atoms with Gasteiger partial charge in [0.1, 0.15) is 5.57 Å². The van der Waals surface area contributed by atoms with E-state index in [1.807, 2.05) is 32.0 Å². The Hall–Kier alpha value is -4.04. The summed E-state index contributed by atoms with van der Waals surface area (Å²) in [5, 5.41) is 11.6. The van der Waals surface area contributed by atoms with Crippen LogP contribution in [0.5, 0.6) is 0 Å². The fourth-order valence-corrected chi connectivity index (χ4v) is 4.41. The molecular weight excluding hydrogens is 450 g/mol. The number of carbonyl (C=O) groups excluding carboxylic acids is 2. The third-order valence-electron chi connectivity index (χ3n) is 5.86. The SMILES string of the molecule is CCc1ccccc1-n1c(C)cc(/C=C2\C(=O)NC(=S)N(c3ccc(C(=O)O)cc3)C2=O)c1C. The van der Waals surface area contributed by atoms with Gasteiger partial charge >= 0.3 is 5.97 Å². The van der Waals surface area contributed by atoms with Crippen molar-refractivity contribution in [3.05, 3.63) is 88.2 Å². The molecule has 0 saturated carbocycles. The molecule has 7 nitrogen and oxygen atoms in total. The number of hydrogen-bond donors (Lipinski definition) is 2. The van der Waals surface area contributed by atoms with Crippen LogP contribution >= 0.6 is 12.2 Å². The van der Waals surface area contributed by atoms with Crippen LogP contribution in [0.1, 0.15) is 39.8 Å². The monoisotopic (exact) mass is 473 g/mol. The minimum atomic E-state index is -1.08. The highest BCUT2D eigenvalue weighted by Gasteiger charge is 2.34. The molecule has 2 aromatic carbocycles. The topological polar surface area (TPSA) is 91.6 Å². The van der Waals surface area contributed by atoms with Gasteiger partial charge in [0.15, 0.2) is 5.11 Å². The molecule has 3 aromatic rings. The van der Waals surface area contributed by atoms with E-state index in [1.165, 1.54) is 34.7 Å². The van der Waals surface area contributed by atoms with Crippen molar-refractivity contribution in [2.24, 2.45) is 0 Å². The number of aryl methyl sites for hydroxylation is 2. The molecule has 0 spiro atoms. The number of para-hydroxylation sites is 1. The van der Waals surface area contributed by atoms with Gasteiger partial charge in [-0.3, -0.25) is 19.8 Å². The second-order valence-electron chi connectivity index (χ2n) is 7.95. The fraction of sp³-hybridized carbons (Fsp3) is 0.154. The van der Waals surface area contributed by atoms with Crippen LogP contribution < -0.4 is 10.2 Å². The van der Waals surface area contributed by atoms with E-state index < -0.39 is 17.8 Å². The zero-order valence-corrected chi connectivity index (χ0v) is 19.8. The fourth-order valence-electron chi connectivity index (χ4n) is 4.13. The van der Waals surface area contributed by atoms with Crippen molar-refractivity contribution >= 4 is 46.9 Å². The Morgan fingerprint density at radius 1 is 1.09 bits per heavy atom. The lowest BCUT2D eigenvalue weighted by molar-refractivity contribution is -0.122. The molecule has 2 amide bonds. The summed E-state index contributed by atoms with van der Waals surface area (Å²) in [6, 6.07) is 15.8. The van der Waals surface area contributed by atoms with Crippen LogP contribution in [-0.2, 0) is 16.0 Å². The molecular formula is C26H23N3O4S. The lowest BCUT2D eigenvalue weighted by atomic mass is 10.1. The first-order valence-corrected chi connectivity index (χ1v) is 11.2. The average molecular weight is 474 g/mol. The number of carboxylic acids is 1. The predicted molar refractivity (Wildman–Crippen MR) is 134 cm³/mol. The highest BCUT2D eigenvalue weighted by Crippen LogP contribution is 2.27. The average Bonchev–Trinajstić information content (AvgIpc) is 3.09. The van der Waals surface area contributed by atoms with Crippen molar-refractivity contribution in [1.29, 1.82) is 0 Å². The molecule has 1 aliphatic heterocycles. The lowest BCUT2D eigenvalue weighted by Crippen LogP contribution is -2.54. The van der Waals surface area contributed by atoms with E-state index in [0.29, 0.717) is 5.69 Å². The third-order valence-corrected chi connectivity index (χ3v) is 6.14. The Kier molecular flexibility index (Phi) is 6.17. The quantitative estimate of drug-likeness (QED) is 0.329. The van der Waals surface area contributed by atoms with Crippen LogP contribution in [0.2, 0.25) is 0 Å². The number of rotatable bonds is 5. The predicted octanol–water partition coefficient (Wildman–Crippen LogP) is 4.19. The van der Waals surface area contributed by atoms with Crippen LogP contribution in [0.4, 0.5) is 5.69 Å². The number of anilines is 1. The summed E-state index contributed by atoms with van der Waals surface area (Å²) in [4.78, 5) is 38.4. The van der Waals surface area contributed by atoms with Crippen molar-refractivity contribution < 1.29 is 19.5 Å². The summed E-state index contributed by atoms with van der Waals surface area (Å²) >= 11 is 5.23. The normalized spacial score (nSPS) is 15.1. The molecule has 172 valence electrons. The van der Waals surface area contributed by atoms with E-state index in [2.05, 4.69) is 28.9 Å². The first-order chi connectivity index (χ1) is 16.2. The number of carboxylic acid groups (broad SMARTS) is 1. The van der Waals surface area contributed by atoms with E-state index in [9.17, 15) is 14.4 Å². The van der Waals surface area contributed by atoms with Crippen LogP contribution in [0.3, 0.4) is 0 Å². The maximum atomic E-state index is 13.3. The zero-order chi connectivity index (χ0) is 24.6. The first-order valence-electron chi connectivity index (χ1n) is 10.7. The molecule has 0 unspecified atom stereocenters. The second-order valence-corrected chi connectivity index (χ2v) is 8.34. The lowest BCUT2D eigenvalue weighted by Gasteiger charge is -2.29. The number of hydrogen-bond acceptors (Lipinski definition) is 4. The largest absolute Gasteiger partial charge is 0.478 e. The Morgan fingerprint density at radius 3 is 2.41 bits per heavy atom. The molecule has 0 bridgehead atoms. The number of carbonyl (C=O) groups is 3. The van der Waals surface area contributed by atoms with E-state index in [0.717, 1.165) is 29.1 Å². The number of benzene rings is 2. The first kappa shape index (κ1) is 23.1. The number of thiocarbonyl (C=S) groups is 1. The highest BCUT2D eigenvalue weighted by molar-refractivity contribution is 7.80. The van der Waals surface area contributed by atoms with Crippen LogP contribution in [0.25, 0.3) is 11.8 Å². The van der Waals surface area contributed by atoms with Crippen molar-refractivity contribution in [1.82, 2.24) is 9.88 Å². The van der Waals surface area contributed by atoms with Crippen LogP contribution in [0.15, 0.2) is 60.2 Å². The van der Waals surface area contributed by atoms with Gasteiger partial charge in [-0.1, -0.05) is 25.1 Å². The van der Waals surface area contributed by atoms with Gasteiger partial charge < -0.3 is 9.67 Å². The summed E-state index contributed by atoms with van der Waals surface area (Å²) in [6.07, 6.45) is 2.45. The summed E-state index contributed by atoms with van der Waals surface area (Å²) < 4.78 is 2.11. The Morgan fingerprint density at radius 2 is 1.76 bits per heavy atom. The van der Waals surface area contributed by atoms with Gasteiger partial charge in [-0.05, 0) is 86.1 Å². The molecule has 2 N–H and O–H groups in total. The molecule has 1 saturated heterocycles. The summed E-state index contributed by atoms with van der Waals surface area (Å²) in [6.45, 7) is 6.03. The number of nitrogens with one attached hydrogen (secondary N) is 1. The number of aromatic carboxylic acids is 1. The minimum absolute atomic E-state index is 0.0556. The van der Waals surface area contributed by atoms with Crippen molar-refractivity contribution in [3.63, 3.8) is 0 Å². The molecule has 2 heterocycles. The van der Waals surface area contributed by atoms with E-state index in [1.54, 1.807) is 6.08 Å². The molecule has 0 atom stereocenters. The zero-order valence-electron chi connectivity index (χ0n) is 19.0. The Bertz CT molecular complexity index is 1370. The van der Waals surface area contributed by atoms with Gasteiger partial charge in [0.05, 0.1) is 11.3 Å². The standard InChI is InChI=1S/C26H23N3O4S/c1-4-17-7-5-6-8-22(17)28-15(2)13-19(16(28)3)14-21-23(30)27-26(34)29(24(21)31)20-11-9-18(10-12-20)25(32)33/h5-14H,4H2,1-3H3,(H,32,33)(H,27,30,34)/b21-14+. The summed E-state index contributed by atoms with van der Waals surface area (Å²) in [7, 11) is 0. The Balaban J connectivity index is 1.75. The summed E-state index contributed by atoms with van der Waals surface area (Å²) in [5.41, 5.74) is 5.27. The van der Waals surface area contributed by atoms with Gasteiger partial charge in [-0.2, -0.15) is 0 Å². The van der Waals surface area contributed by atoms with Crippen molar-refractivity contribution in [3.8, 4) is 5.69 Å². The minimum Gasteiger partial charge on any atom is -0.478 e.